The Bertz CT molecular complexity index is 437. The van der Waals surface area contributed by atoms with Gasteiger partial charge in [0.15, 0.2) is 0 Å². The number of hydrogen-bond acceptors (Lipinski definition) is 3. The molecule has 2 rings (SSSR count). The molecule has 0 radical (unpaired) electrons. The van der Waals surface area contributed by atoms with Gasteiger partial charge in [-0.1, -0.05) is 32.6 Å². The second-order valence-electron chi connectivity index (χ2n) is 8.13. The molecule has 0 aromatic carbocycles. The van der Waals surface area contributed by atoms with Crippen LogP contribution in [0.2, 0.25) is 0 Å². The van der Waals surface area contributed by atoms with Gasteiger partial charge >= 0.3 is 6.03 Å². The monoisotopic (exact) mass is 352 g/mol. The topological polar surface area (TPSA) is 87.5 Å². The summed E-state index contributed by atoms with van der Waals surface area (Å²) in [6, 6.07) is 0.312. The van der Waals surface area contributed by atoms with E-state index in [1.54, 1.807) is 0 Å². The maximum absolute atomic E-state index is 12.2. The van der Waals surface area contributed by atoms with E-state index in [0.29, 0.717) is 25.6 Å². The predicted molar refractivity (Wildman–Crippen MR) is 100 cm³/mol. The molecule has 0 aromatic heterocycles. The summed E-state index contributed by atoms with van der Waals surface area (Å²) in [4.78, 5) is 26.0. The highest BCUT2D eigenvalue weighted by Crippen LogP contribution is 2.29. The number of carbonyl (C=O) groups is 2. The molecule has 4 N–H and O–H groups in total. The Labute approximate surface area is 152 Å². The SMILES string of the molecule is CC1(CN)CCN(C(=O)CCCCCNC(=O)NC2CCCCC2)C1. The van der Waals surface area contributed by atoms with Gasteiger partial charge in [-0.2, -0.15) is 0 Å². The van der Waals surface area contributed by atoms with Crippen molar-refractivity contribution in [3.05, 3.63) is 0 Å². The van der Waals surface area contributed by atoms with E-state index in [1.807, 2.05) is 4.90 Å². The summed E-state index contributed by atoms with van der Waals surface area (Å²) in [7, 11) is 0. The lowest BCUT2D eigenvalue weighted by Gasteiger charge is -2.23. The van der Waals surface area contributed by atoms with Gasteiger partial charge in [0.2, 0.25) is 5.91 Å². The molecule has 6 nitrogen and oxygen atoms in total. The highest BCUT2D eigenvalue weighted by molar-refractivity contribution is 5.76. The van der Waals surface area contributed by atoms with Crippen LogP contribution in [0.25, 0.3) is 0 Å². The molecule has 2 fully saturated rings. The Morgan fingerprint density at radius 1 is 1.16 bits per heavy atom. The lowest BCUT2D eigenvalue weighted by molar-refractivity contribution is -0.130. The van der Waals surface area contributed by atoms with Crippen LogP contribution < -0.4 is 16.4 Å². The average molecular weight is 353 g/mol. The molecule has 1 saturated heterocycles. The maximum atomic E-state index is 12.2. The van der Waals surface area contributed by atoms with E-state index in [9.17, 15) is 9.59 Å². The molecular formula is C19H36N4O2. The van der Waals surface area contributed by atoms with Crippen LogP contribution in [-0.4, -0.2) is 49.1 Å². The van der Waals surface area contributed by atoms with E-state index < -0.39 is 0 Å². The van der Waals surface area contributed by atoms with E-state index in [-0.39, 0.29) is 17.4 Å². The number of unbranched alkanes of at least 4 members (excludes halogenated alkanes) is 2. The Morgan fingerprint density at radius 2 is 1.92 bits per heavy atom. The van der Waals surface area contributed by atoms with Crippen LogP contribution in [0.1, 0.15) is 71.1 Å². The molecular weight excluding hydrogens is 316 g/mol. The van der Waals surface area contributed by atoms with Gasteiger partial charge in [-0.3, -0.25) is 4.79 Å². The molecule has 1 aliphatic carbocycles. The minimum Gasteiger partial charge on any atom is -0.342 e. The molecule has 144 valence electrons. The van der Waals surface area contributed by atoms with Gasteiger partial charge < -0.3 is 21.3 Å². The molecule has 1 atom stereocenters. The van der Waals surface area contributed by atoms with Crippen LogP contribution in [0, 0.1) is 5.41 Å². The van der Waals surface area contributed by atoms with Crippen LogP contribution in [0.15, 0.2) is 0 Å². The van der Waals surface area contributed by atoms with Gasteiger partial charge in [-0.25, -0.2) is 4.79 Å². The van der Waals surface area contributed by atoms with Gasteiger partial charge in [0.05, 0.1) is 0 Å². The van der Waals surface area contributed by atoms with Crippen molar-refractivity contribution in [1.29, 1.82) is 0 Å². The van der Waals surface area contributed by atoms with E-state index in [2.05, 4.69) is 17.6 Å². The number of urea groups is 1. The number of nitrogens with two attached hydrogens (primary N) is 1. The van der Waals surface area contributed by atoms with Crippen molar-refractivity contribution < 1.29 is 9.59 Å². The van der Waals surface area contributed by atoms with Gasteiger partial charge in [-0.05, 0) is 44.1 Å². The smallest absolute Gasteiger partial charge is 0.315 e. The van der Waals surface area contributed by atoms with Gasteiger partial charge in [0, 0.05) is 32.1 Å². The van der Waals surface area contributed by atoms with E-state index >= 15 is 0 Å². The van der Waals surface area contributed by atoms with Crippen molar-refractivity contribution in [3.63, 3.8) is 0 Å². The van der Waals surface area contributed by atoms with Crippen molar-refractivity contribution in [2.75, 3.05) is 26.2 Å². The number of carbonyl (C=O) groups excluding carboxylic acids is 2. The second kappa shape index (κ2) is 10.00. The molecule has 0 aromatic rings. The van der Waals surface area contributed by atoms with Crippen molar-refractivity contribution in [1.82, 2.24) is 15.5 Å². The molecule has 2 aliphatic rings. The normalized spacial score (nSPS) is 24.3. The summed E-state index contributed by atoms with van der Waals surface area (Å²) >= 11 is 0. The molecule has 1 heterocycles. The highest BCUT2D eigenvalue weighted by atomic mass is 16.2. The number of likely N-dealkylation sites (tertiary alicyclic amines) is 1. The highest BCUT2D eigenvalue weighted by Gasteiger charge is 2.34. The van der Waals surface area contributed by atoms with Gasteiger partial charge in [-0.15, -0.1) is 0 Å². The summed E-state index contributed by atoms with van der Waals surface area (Å²) < 4.78 is 0. The first-order chi connectivity index (χ1) is 12.0. The molecule has 0 spiro atoms. The number of hydrogen-bond donors (Lipinski definition) is 3. The maximum Gasteiger partial charge on any atom is 0.315 e. The fourth-order valence-corrected chi connectivity index (χ4v) is 3.82. The van der Waals surface area contributed by atoms with Crippen LogP contribution in [0.4, 0.5) is 4.79 Å². The minimum atomic E-state index is -0.0406. The van der Waals surface area contributed by atoms with Crippen LogP contribution in [0.3, 0.4) is 0 Å². The number of nitrogens with one attached hydrogen (secondary N) is 2. The zero-order valence-electron chi connectivity index (χ0n) is 15.8. The van der Waals surface area contributed by atoms with Gasteiger partial charge in [0.25, 0.3) is 0 Å². The molecule has 1 aliphatic heterocycles. The third-order valence-electron chi connectivity index (χ3n) is 5.70. The summed E-state index contributed by atoms with van der Waals surface area (Å²) in [6.07, 6.45) is 10.3. The molecule has 1 saturated carbocycles. The van der Waals surface area contributed by atoms with Crippen LogP contribution in [0.5, 0.6) is 0 Å². The first-order valence-electron chi connectivity index (χ1n) is 10.0. The Balaban J connectivity index is 1.47. The zero-order chi connectivity index (χ0) is 18.1. The summed E-state index contributed by atoms with van der Waals surface area (Å²) in [5.74, 6) is 0.250. The van der Waals surface area contributed by atoms with Crippen molar-refractivity contribution in [3.8, 4) is 0 Å². The minimum absolute atomic E-state index is 0.0406. The first kappa shape index (κ1) is 20.0. The van der Waals surface area contributed by atoms with E-state index in [1.165, 1.54) is 19.3 Å². The number of nitrogens with zero attached hydrogens (tertiary/aromatic N) is 1. The standard InChI is InChI=1S/C19H36N4O2/c1-19(14-20)11-13-23(15-19)17(24)10-6-3-7-12-21-18(25)22-16-8-4-2-5-9-16/h16H,2-15,20H2,1H3,(H2,21,22,25). The summed E-state index contributed by atoms with van der Waals surface area (Å²) in [6.45, 7) is 5.12. The van der Waals surface area contributed by atoms with E-state index in [0.717, 1.165) is 51.6 Å². The number of rotatable bonds is 8. The third-order valence-corrected chi connectivity index (χ3v) is 5.70. The summed E-state index contributed by atoms with van der Waals surface area (Å²) in [5.41, 5.74) is 5.89. The zero-order valence-corrected chi connectivity index (χ0v) is 15.8. The molecule has 3 amide bonds. The Morgan fingerprint density at radius 3 is 2.60 bits per heavy atom. The molecule has 1 unspecified atom stereocenters. The molecule has 0 bridgehead atoms. The first-order valence-corrected chi connectivity index (χ1v) is 10.0. The number of amides is 3. The summed E-state index contributed by atoms with van der Waals surface area (Å²) in [5, 5.41) is 5.99. The molecule has 6 heteroatoms. The molecule has 25 heavy (non-hydrogen) atoms. The third kappa shape index (κ3) is 6.84. The van der Waals surface area contributed by atoms with Gasteiger partial charge in [0.1, 0.15) is 0 Å². The van der Waals surface area contributed by atoms with Crippen molar-refractivity contribution in [2.45, 2.75) is 77.2 Å². The fraction of sp³-hybridized carbons (Fsp3) is 0.895. The lowest BCUT2D eigenvalue weighted by Crippen LogP contribution is -2.43. The Hall–Kier alpha value is -1.30. The van der Waals surface area contributed by atoms with Crippen LogP contribution in [-0.2, 0) is 4.79 Å². The average Bonchev–Trinajstić information content (AvgIpc) is 3.02. The fourth-order valence-electron chi connectivity index (χ4n) is 3.82. The van der Waals surface area contributed by atoms with Crippen LogP contribution >= 0.6 is 0 Å². The lowest BCUT2D eigenvalue weighted by atomic mass is 9.90. The van der Waals surface area contributed by atoms with E-state index in [4.69, 9.17) is 5.73 Å². The second-order valence-corrected chi connectivity index (χ2v) is 8.13. The largest absolute Gasteiger partial charge is 0.342 e. The van der Waals surface area contributed by atoms with Crippen molar-refractivity contribution in [2.24, 2.45) is 11.1 Å². The quantitative estimate of drug-likeness (QED) is 0.586. The van der Waals surface area contributed by atoms with Crippen molar-refractivity contribution >= 4 is 11.9 Å². The Kier molecular flexibility index (Phi) is 8.00. The predicted octanol–water partition coefficient (Wildman–Crippen LogP) is 2.38.